The van der Waals surface area contributed by atoms with Gasteiger partial charge >= 0.3 is 0 Å². The fraction of sp³-hybridized carbons (Fsp3) is 0.500. The summed E-state index contributed by atoms with van der Waals surface area (Å²) < 4.78 is 7.25. The molecular weight excluding hydrogens is 314 g/mol. The number of benzene rings is 1. The van der Waals surface area contributed by atoms with Crippen molar-refractivity contribution in [2.75, 3.05) is 20.2 Å². The number of carbonyl (C=O) groups is 1. The number of fused-ring (bicyclic) bond motifs is 2. The second-order valence-corrected chi connectivity index (χ2v) is 7.03. The van der Waals surface area contributed by atoms with Gasteiger partial charge in [0.25, 0.3) is 5.91 Å². The lowest BCUT2D eigenvalue weighted by atomic mass is 9.95. The van der Waals surface area contributed by atoms with Crippen LogP contribution in [0.2, 0.25) is 0 Å². The van der Waals surface area contributed by atoms with Crippen molar-refractivity contribution in [1.82, 2.24) is 14.7 Å². The number of amides is 1. The highest BCUT2D eigenvalue weighted by molar-refractivity contribution is 5.94. The van der Waals surface area contributed by atoms with Gasteiger partial charge in [-0.05, 0) is 61.8 Å². The molecule has 25 heavy (non-hydrogen) atoms. The van der Waals surface area contributed by atoms with E-state index in [2.05, 4.69) is 17.2 Å². The average molecular weight is 339 g/mol. The van der Waals surface area contributed by atoms with Gasteiger partial charge in [0.1, 0.15) is 5.75 Å². The number of rotatable bonds is 2. The Kier molecular flexibility index (Phi) is 4.24. The van der Waals surface area contributed by atoms with Gasteiger partial charge in [0.05, 0.1) is 7.11 Å². The predicted octanol–water partition coefficient (Wildman–Crippen LogP) is 2.55. The van der Waals surface area contributed by atoms with E-state index in [0.29, 0.717) is 5.69 Å². The van der Waals surface area contributed by atoms with Gasteiger partial charge in [-0.3, -0.25) is 9.48 Å². The molecule has 2 aromatic rings. The molecule has 2 aliphatic rings. The summed E-state index contributed by atoms with van der Waals surface area (Å²) in [6.45, 7) is 1.49. The lowest BCUT2D eigenvalue weighted by Crippen LogP contribution is -2.34. The minimum absolute atomic E-state index is 0.0959. The summed E-state index contributed by atoms with van der Waals surface area (Å²) in [6, 6.07) is 6.24. The van der Waals surface area contributed by atoms with Crippen LogP contribution in [0, 0.1) is 0 Å². The van der Waals surface area contributed by atoms with Crippen molar-refractivity contribution in [3.8, 4) is 5.75 Å². The molecule has 0 saturated heterocycles. The average Bonchev–Trinajstić information content (AvgIpc) is 2.85. The number of hydrogen-bond acceptors (Lipinski definition) is 3. The van der Waals surface area contributed by atoms with Gasteiger partial charge in [0.2, 0.25) is 0 Å². The van der Waals surface area contributed by atoms with Crippen molar-refractivity contribution in [3.05, 3.63) is 46.3 Å². The summed E-state index contributed by atoms with van der Waals surface area (Å²) in [4.78, 5) is 15.1. The summed E-state index contributed by atoms with van der Waals surface area (Å²) in [5, 5.41) is 4.58. The molecule has 1 aliphatic heterocycles. The summed E-state index contributed by atoms with van der Waals surface area (Å²) in [7, 11) is 3.66. The van der Waals surface area contributed by atoms with E-state index in [0.717, 1.165) is 50.9 Å². The highest BCUT2D eigenvalue weighted by atomic mass is 16.5. The predicted molar refractivity (Wildman–Crippen MR) is 96.2 cm³/mol. The molecule has 5 heteroatoms. The van der Waals surface area contributed by atoms with Crippen LogP contribution in [0.15, 0.2) is 18.2 Å². The van der Waals surface area contributed by atoms with Crippen LogP contribution >= 0.6 is 0 Å². The van der Waals surface area contributed by atoms with E-state index in [1.165, 1.54) is 28.8 Å². The van der Waals surface area contributed by atoms with Gasteiger partial charge in [-0.15, -0.1) is 0 Å². The third-order valence-corrected chi connectivity index (χ3v) is 5.57. The molecule has 0 atom stereocenters. The Morgan fingerprint density at radius 3 is 2.64 bits per heavy atom. The zero-order chi connectivity index (χ0) is 17.4. The molecule has 0 spiro atoms. The molecular formula is C20H25N3O2. The van der Waals surface area contributed by atoms with Crippen molar-refractivity contribution in [1.29, 1.82) is 0 Å². The van der Waals surface area contributed by atoms with Gasteiger partial charge in [0.15, 0.2) is 5.69 Å². The minimum Gasteiger partial charge on any atom is -0.497 e. The van der Waals surface area contributed by atoms with Gasteiger partial charge in [-0.25, -0.2) is 0 Å². The third kappa shape index (κ3) is 2.92. The first-order valence-corrected chi connectivity index (χ1v) is 9.17. The van der Waals surface area contributed by atoms with E-state index >= 15 is 0 Å². The van der Waals surface area contributed by atoms with Crippen LogP contribution in [-0.4, -0.2) is 40.8 Å². The zero-order valence-corrected chi connectivity index (χ0v) is 15.0. The van der Waals surface area contributed by atoms with Crippen LogP contribution in [0.3, 0.4) is 0 Å². The molecule has 0 saturated carbocycles. The van der Waals surface area contributed by atoms with Gasteiger partial charge in [0, 0.05) is 31.4 Å². The van der Waals surface area contributed by atoms with Crippen LogP contribution in [0.25, 0.3) is 0 Å². The largest absolute Gasteiger partial charge is 0.497 e. The molecule has 4 rings (SSSR count). The summed E-state index contributed by atoms with van der Waals surface area (Å²) >= 11 is 0. The first-order valence-electron chi connectivity index (χ1n) is 9.17. The number of aryl methyl sites for hydroxylation is 1. The Morgan fingerprint density at radius 2 is 1.84 bits per heavy atom. The molecule has 5 nitrogen and oxygen atoms in total. The molecule has 0 fully saturated rings. The van der Waals surface area contributed by atoms with E-state index in [-0.39, 0.29) is 5.91 Å². The molecule has 132 valence electrons. The molecule has 1 amide bonds. The Hall–Kier alpha value is -2.30. The van der Waals surface area contributed by atoms with Crippen molar-refractivity contribution in [2.45, 2.75) is 38.5 Å². The van der Waals surface area contributed by atoms with Crippen molar-refractivity contribution >= 4 is 5.91 Å². The Bertz CT molecular complexity index is 810. The first kappa shape index (κ1) is 16.2. The standard InChI is InChI=1S/C20H25N3O2/c1-22-18-6-4-3-5-17(18)19(21-22)20(24)23-11-9-14-7-8-16(25-2)13-15(14)10-12-23/h7-8,13H,3-6,9-12H2,1-2H3. The molecule has 1 aromatic carbocycles. The molecule has 1 aromatic heterocycles. The summed E-state index contributed by atoms with van der Waals surface area (Å²) in [5.41, 5.74) is 5.72. The van der Waals surface area contributed by atoms with Crippen LogP contribution in [0.4, 0.5) is 0 Å². The summed E-state index contributed by atoms with van der Waals surface area (Å²) in [6.07, 6.45) is 6.13. The van der Waals surface area contributed by atoms with Gasteiger partial charge < -0.3 is 9.64 Å². The summed E-state index contributed by atoms with van der Waals surface area (Å²) in [5.74, 6) is 0.982. The number of nitrogens with zero attached hydrogens (tertiary/aromatic N) is 3. The number of methoxy groups -OCH3 is 1. The first-order chi connectivity index (χ1) is 12.2. The second-order valence-electron chi connectivity index (χ2n) is 7.03. The fourth-order valence-corrected chi connectivity index (χ4v) is 4.13. The monoisotopic (exact) mass is 339 g/mol. The molecule has 0 N–H and O–H groups in total. The van der Waals surface area contributed by atoms with E-state index in [1.54, 1.807) is 7.11 Å². The van der Waals surface area contributed by atoms with E-state index < -0.39 is 0 Å². The maximum atomic E-state index is 13.1. The van der Waals surface area contributed by atoms with Crippen molar-refractivity contribution in [2.24, 2.45) is 7.05 Å². The van der Waals surface area contributed by atoms with Crippen LogP contribution in [-0.2, 0) is 32.7 Å². The lowest BCUT2D eigenvalue weighted by molar-refractivity contribution is 0.0755. The Labute approximate surface area is 148 Å². The van der Waals surface area contributed by atoms with Gasteiger partial charge in [-0.1, -0.05) is 6.07 Å². The number of ether oxygens (including phenoxy) is 1. The normalized spacial score (nSPS) is 16.8. The van der Waals surface area contributed by atoms with E-state index in [9.17, 15) is 4.79 Å². The second kappa shape index (κ2) is 6.54. The lowest BCUT2D eigenvalue weighted by Gasteiger charge is -2.20. The maximum Gasteiger partial charge on any atom is 0.274 e. The van der Waals surface area contributed by atoms with Crippen molar-refractivity contribution < 1.29 is 9.53 Å². The quantitative estimate of drug-likeness (QED) is 0.845. The van der Waals surface area contributed by atoms with Crippen molar-refractivity contribution in [3.63, 3.8) is 0 Å². The number of aromatic nitrogens is 2. The molecule has 1 aliphatic carbocycles. The van der Waals surface area contributed by atoms with E-state index in [4.69, 9.17) is 4.74 Å². The number of hydrogen-bond donors (Lipinski definition) is 0. The Morgan fingerprint density at radius 1 is 1.08 bits per heavy atom. The van der Waals surface area contributed by atoms with Gasteiger partial charge in [-0.2, -0.15) is 5.10 Å². The van der Waals surface area contributed by atoms with E-state index in [1.807, 2.05) is 22.7 Å². The highest BCUT2D eigenvalue weighted by Gasteiger charge is 2.28. The van der Waals surface area contributed by atoms with Crippen LogP contribution in [0.1, 0.15) is 45.7 Å². The number of carbonyl (C=O) groups excluding carboxylic acids is 1. The third-order valence-electron chi connectivity index (χ3n) is 5.57. The SMILES string of the molecule is COc1ccc2c(c1)CCN(C(=O)c1nn(C)c3c1CCCC3)CC2. The molecule has 0 bridgehead atoms. The maximum absolute atomic E-state index is 13.1. The smallest absolute Gasteiger partial charge is 0.274 e. The molecule has 2 heterocycles. The molecule has 0 radical (unpaired) electrons. The van der Waals surface area contributed by atoms with Crippen LogP contribution < -0.4 is 4.74 Å². The highest BCUT2D eigenvalue weighted by Crippen LogP contribution is 2.26. The topological polar surface area (TPSA) is 47.4 Å². The van der Waals surface area contributed by atoms with Crippen LogP contribution in [0.5, 0.6) is 5.75 Å². The zero-order valence-electron chi connectivity index (χ0n) is 15.0. The minimum atomic E-state index is 0.0959. The molecule has 0 unspecified atom stereocenters. The fourth-order valence-electron chi connectivity index (χ4n) is 4.13. The Balaban J connectivity index is 1.56.